The van der Waals surface area contributed by atoms with Gasteiger partial charge < -0.3 is 19.8 Å². The number of piperazine rings is 1. The SMILES string of the molecule is C[C@@](O)(CN1CCN(c2ccc(OCCO)cc2Cl)[C@H](c2ccc(C#N)cc2)C1)c1cccc(C#N)c1. The summed E-state index contributed by atoms with van der Waals surface area (Å²) in [5, 5.41) is 39.5. The van der Waals surface area contributed by atoms with Gasteiger partial charge in [0.05, 0.1) is 52.2 Å². The molecule has 8 heteroatoms. The van der Waals surface area contributed by atoms with Crippen molar-refractivity contribution in [2.45, 2.75) is 18.6 Å². The second-order valence-corrected chi connectivity index (χ2v) is 9.74. The summed E-state index contributed by atoms with van der Waals surface area (Å²) >= 11 is 6.69. The number of nitrogens with zero attached hydrogens (tertiary/aromatic N) is 4. The fraction of sp³-hybridized carbons (Fsp3) is 0.310. The van der Waals surface area contributed by atoms with E-state index >= 15 is 0 Å². The van der Waals surface area contributed by atoms with Crippen LogP contribution in [-0.4, -0.2) is 54.5 Å². The molecule has 0 aliphatic carbocycles. The maximum Gasteiger partial charge on any atom is 0.121 e. The molecule has 2 atom stereocenters. The van der Waals surface area contributed by atoms with Crippen LogP contribution in [-0.2, 0) is 5.60 Å². The topological polar surface area (TPSA) is 104 Å². The Morgan fingerprint density at radius 3 is 2.46 bits per heavy atom. The summed E-state index contributed by atoms with van der Waals surface area (Å²) in [5.41, 5.74) is 2.55. The van der Waals surface area contributed by atoms with E-state index in [1.807, 2.05) is 42.5 Å². The molecule has 1 saturated heterocycles. The molecule has 0 bridgehead atoms. The van der Waals surface area contributed by atoms with E-state index in [0.29, 0.717) is 53.6 Å². The minimum atomic E-state index is -1.15. The molecule has 0 amide bonds. The zero-order chi connectivity index (χ0) is 26.4. The summed E-state index contributed by atoms with van der Waals surface area (Å²) in [4.78, 5) is 4.45. The normalized spacial score (nSPS) is 17.5. The van der Waals surface area contributed by atoms with E-state index in [2.05, 4.69) is 21.9 Å². The molecule has 1 aliphatic heterocycles. The van der Waals surface area contributed by atoms with Crippen LogP contribution in [0.15, 0.2) is 66.7 Å². The highest BCUT2D eigenvalue weighted by Crippen LogP contribution is 2.38. The van der Waals surface area contributed by atoms with Crippen LogP contribution in [0.4, 0.5) is 5.69 Å². The first-order chi connectivity index (χ1) is 17.8. The minimum absolute atomic E-state index is 0.0767. The van der Waals surface area contributed by atoms with Gasteiger partial charge in [-0.25, -0.2) is 0 Å². The molecule has 1 aliphatic rings. The van der Waals surface area contributed by atoms with Gasteiger partial charge in [0.15, 0.2) is 0 Å². The van der Waals surface area contributed by atoms with Crippen LogP contribution in [0.25, 0.3) is 0 Å². The van der Waals surface area contributed by atoms with Crippen LogP contribution in [0.5, 0.6) is 5.75 Å². The average molecular weight is 517 g/mol. The summed E-state index contributed by atoms with van der Waals surface area (Å²) < 4.78 is 5.51. The Morgan fingerprint density at radius 1 is 1.03 bits per heavy atom. The minimum Gasteiger partial charge on any atom is -0.491 e. The Balaban J connectivity index is 1.61. The van der Waals surface area contributed by atoms with Gasteiger partial charge in [0.25, 0.3) is 0 Å². The third-order valence-electron chi connectivity index (χ3n) is 6.62. The van der Waals surface area contributed by atoms with Crippen LogP contribution in [0.3, 0.4) is 0 Å². The fourth-order valence-electron chi connectivity index (χ4n) is 4.76. The number of hydrogen-bond donors (Lipinski definition) is 2. The number of anilines is 1. The van der Waals surface area contributed by atoms with E-state index in [1.165, 1.54) is 0 Å². The molecule has 4 rings (SSSR count). The number of β-amino-alcohol motifs (C(OH)–C–C–N with tert-alkyl or cyclic N) is 1. The van der Waals surface area contributed by atoms with Gasteiger partial charge in [0.1, 0.15) is 12.4 Å². The molecule has 190 valence electrons. The highest BCUT2D eigenvalue weighted by molar-refractivity contribution is 6.33. The largest absolute Gasteiger partial charge is 0.491 e. The number of halogens is 1. The van der Waals surface area contributed by atoms with Gasteiger partial charge in [-0.1, -0.05) is 35.9 Å². The Bertz CT molecular complexity index is 1310. The maximum absolute atomic E-state index is 11.4. The summed E-state index contributed by atoms with van der Waals surface area (Å²) in [6, 6.07) is 24.4. The first-order valence-electron chi connectivity index (χ1n) is 12.1. The molecular weight excluding hydrogens is 488 g/mol. The molecule has 0 aromatic heterocycles. The van der Waals surface area contributed by atoms with Gasteiger partial charge >= 0.3 is 0 Å². The Hall–Kier alpha value is -3.59. The number of aliphatic hydroxyl groups excluding tert-OH is 1. The summed E-state index contributed by atoms with van der Waals surface area (Å²) in [7, 11) is 0. The van der Waals surface area contributed by atoms with Crippen LogP contribution in [0.1, 0.15) is 35.2 Å². The Labute approximate surface area is 222 Å². The predicted octanol–water partition coefficient (Wildman–Crippen LogP) is 4.23. The van der Waals surface area contributed by atoms with Crippen LogP contribution < -0.4 is 9.64 Å². The monoisotopic (exact) mass is 516 g/mol. The molecule has 1 fully saturated rings. The molecule has 37 heavy (non-hydrogen) atoms. The molecule has 0 spiro atoms. The van der Waals surface area contributed by atoms with Crippen LogP contribution >= 0.6 is 11.6 Å². The second-order valence-electron chi connectivity index (χ2n) is 9.33. The Kier molecular flexibility index (Phi) is 8.33. The first kappa shape index (κ1) is 26.5. The predicted molar refractivity (Wildman–Crippen MR) is 142 cm³/mol. The number of ether oxygens (including phenoxy) is 1. The van der Waals surface area contributed by atoms with E-state index < -0.39 is 5.60 Å². The number of aliphatic hydroxyl groups is 2. The highest BCUT2D eigenvalue weighted by Gasteiger charge is 2.34. The fourth-order valence-corrected chi connectivity index (χ4v) is 5.04. The van der Waals surface area contributed by atoms with Crippen molar-refractivity contribution in [1.82, 2.24) is 4.90 Å². The first-order valence-corrected chi connectivity index (χ1v) is 12.5. The lowest BCUT2D eigenvalue weighted by Gasteiger charge is -2.45. The van der Waals surface area contributed by atoms with Crippen molar-refractivity contribution >= 4 is 17.3 Å². The van der Waals surface area contributed by atoms with E-state index in [9.17, 15) is 15.6 Å². The van der Waals surface area contributed by atoms with Gasteiger partial charge in [-0.3, -0.25) is 4.90 Å². The van der Waals surface area contributed by atoms with Crippen molar-refractivity contribution in [2.75, 3.05) is 44.3 Å². The van der Waals surface area contributed by atoms with Crippen LogP contribution in [0.2, 0.25) is 5.02 Å². The lowest BCUT2D eigenvalue weighted by Crippen LogP contribution is -2.52. The van der Waals surface area contributed by atoms with E-state index in [-0.39, 0.29) is 19.3 Å². The van der Waals surface area contributed by atoms with Gasteiger partial charge in [-0.05, 0) is 54.4 Å². The lowest BCUT2D eigenvalue weighted by atomic mass is 9.92. The molecule has 3 aromatic carbocycles. The standard InChI is InChI=1S/C29H29ClN4O3/c1-29(36,24-4-2-3-22(15-24)18-32)20-33-11-12-34(27-10-9-25(16-26(27)30)37-14-13-35)28(19-33)23-7-5-21(17-31)6-8-23/h2-10,15-16,28,35-36H,11-14,19-20H2,1H3/t28-,29+/m0/s1. The van der Waals surface area contributed by atoms with Gasteiger partial charge in [0, 0.05) is 32.2 Å². The molecule has 0 saturated carbocycles. The number of benzene rings is 3. The van der Waals surface area contributed by atoms with Crippen LogP contribution in [0, 0.1) is 22.7 Å². The summed E-state index contributed by atoms with van der Waals surface area (Å²) in [6.45, 7) is 4.26. The molecule has 0 radical (unpaired) electrons. The summed E-state index contributed by atoms with van der Waals surface area (Å²) in [6.07, 6.45) is 0. The zero-order valence-corrected chi connectivity index (χ0v) is 21.4. The van der Waals surface area contributed by atoms with E-state index in [1.54, 1.807) is 31.2 Å². The number of nitriles is 2. The van der Waals surface area contributed by atoms with E-state index in [0.717, 1.165) is 11.3 Å². The molecule has 7 nitrogen and oxygen atoms in total. The lowest BCUT2D eigenvalue weighted by molar-refractivity contribution is 0.0103. The van der Waals surface area contributed by atoms with Crippen molar-refractivity contribution in [3.05, 3.63) is 94.0 Å². The number of rotatable bonds is 8. The molecule has 3 aromatic rings. The number of hydrogen-bond acceptors (Lipinski definition) is 7. The highest BCUT2D eigenvalue weighted by atomic mass is 35.5. The van der Waals surface area contributed by atoms with Crippen molar-refractivity contribution in [3.63, 3.8) is 0 Å². The van der Waals surface area contributed by atoms with Gasteiger partial charge in [-0.2, -0.15) is 10.5 Å². The van der Waals surface area contributed by atoms with Gasteiger partial charge in [0.2, 0.25) is 0 Å². The molecule has 0 unspecified atom stereocenters. The van der Waals surface area contributed by atoms with Crippen molar-refractivity contribution < 1.29 is 14.9 Å². The smallest absolute Gasteiger partial charge is 0.121 e. The molecule has 1 heterocycles. The third kappa shape index (κ3) is 6.22. The second kappa shape index (κ2) is 11.6. The summed E-state index contributed by atoms with van der Waals surface area (Å²) in [5.74, 6) is 0.590. The molecular formula is C29H29ClN4O3. The quantitative estimate of drug-likeness (QED) is 0.462. The molecule has 2 N–H and O–H groups in total. The van der Waals surface area contributed by atoms with Crippen molar-refractivity contribution in [1.29, 1.82) is 10.5 Å². The van der Waals surface area contributed by atoms with Gasteiger partial charge in [-0.15, -0.1) is 0 Å². The van der Waals surface area contributed by atoms with E-state index in [4.69, 9.17) is 21.4 Å². The van der Waals surface area contributed by atoms with Crippen molar-refractivity contribution in [2.24, 2.45) is 0 Å². The third-order valence-corrected chi connectivity index (χ3v) is 6.93. The van der Waals surface area contributed by atoms with Crippen molar-refractivity contribution in [3.8, 4) is 17.9 Å². The average Bonchev–Trinajstić information content (AvgIpc) is 2.92. The zero-order valence-electron chi connectivity index (χ0n) is 20.6. The maximum atomic E-state index is 11.4. The Morgan fingerprint density at radius 2 is 1.78 bits per heavy atom.